The van der Waals surface area contributed by atoms with E-state index in [0.29, 0.717) is 23.3 Å². The zero-order chi connectivity index (χ0) is 27.6. The number of nitrogens with zero attached hydrogens (tertiary/aromatic N) is 4. The molecule has 0 saturated heterocycles. The van der Waals surface area contributed by atoms with Gasteiger partial charge in [0.2, 0.25) is 16.0 Å². The molecule has 2 aromatic heterocycles. The molecule has 16 heteroatoms. The first kappa shape index (κ1) is 33.1. The van der Waals surface area contributed by atoms with Gasteiger partial charge in [0, 0.05) is 31.2 Å². The Morgan fingerprint density at radius 3 is 2.24 bits per heavy atom. The third kappa shape index (κ3) is 7.92. The monoisotopic (exact) mass is 638 g/mol. The van der Waals surface area contributed by atoms with Crippen LogP contribution in [0.15, 0.2) is 35.5 Å². The lowest BCUT2D eigenvalue weighted by atomic mass is 9.92. The van der Waals surface area contributed by atoms with Gasteiger partial charge in [-0.05, 0) is 62.8 Å². The van der Waals surface area contributed by atoms with Gasteiger partial charge in [-0.3, -0.25) is 0 Å². The molecule has 10 nitrogen and oxygen atoms in total. The van der Waals surface area contributed by atoms with Gasteiger partial charge in [-0.25, -0.2) is 18.1 Å². The first-order valence-corrected chi connectivity index (χ1v) is 14.8. The maximum atomic E-state index is 12.8. The standard InChI is InChI=1S/C25H33F3N8O2S.2ClH/c26-25(27,28)16-5-11-20(12-6-16)39(37,38)32-14-13-30-22-21-23(36(15-31-21)19-3-1-2-4-19)35-24(34-22)33-18-9-7-17(29)8-10-18;;/h5-6,11-12,15,17-19,32H,1-4,7-10,13-14,29H2,(H2,30,33,34,35);2*1H/t17-,18-;;. The highest BCUT2D eigenvalue weighted by Gasteiger charge is 2.30. The zero-order valence-corrected chi connectivity index (χ0v) is 24.7. The maximum absolute atomic E-state index is 12.8. The van der Waals surface area contributed by atoms with Gasteiger partial charge < -0.3 is 20.9 Å². The molecule has 0 spiro atoms. The van der Waals surface area contributed by atoms with Crippen LogP contribution < -0.4 is 21.1 Å². The second-order valence-corrected chi connectivity index (χ2v) is 12.0. The highest BCUT2D eigenvalue weighted by atomic mass is 35.5. The molecule has 3 aromatic rings. The molecule has 2 aliphatic carbocycles. The summed E-state index contributed by atoms with van der Waals surface area (Å²) < 4.78 is 68.1. The van der Waals surface area contributed by atoms with Crippen LogP contribution in [0.1, 0.15) is 63.0 Å². The summed E-state index contributed by atoms with van der Waals surface area (Å²) in [5.74, 6) is 0.969. The fraction of sp³-hybridized carbons (Fsp3) is 0.560. The molecule has 0 bridgehead atoms. The van der Waals surface area contributed by atoms with Crippen molar-refractivity contribution < 1.29 is 21.6 Å². The van der Waals surface area contributed by atoms with E-state index in [1.165, 1.54) is 0 Å². The van der Waals surface area contributed by atoms with Crippen LogP contribution in [0.25, 0.3) is 11.2 Å². The summed E-state index contributed by atoms with van der Waals surface area (Å²) in [6.07, 6.45) is 5.43. The van der Waals surface area contributed by atoms with Crippen LogP contribution in [0.2, 0.25) is 0 Å². The number of hydrogen-bond donors (Lipinski definition) is 4. The van der Waals surface area contributed by atoms with Crippen molar-refractivity contribution in [3.63, 3.8) is 0 Å². The summed E-state index contributed by atoms with van der Waals surface area (Å²) in [4.78, 5) is 13.8. The number of nitrogens with one attached hydrogen (secondary N) is 3. The normalized spacial score (nSPS) is 19.9. The molecule has 228 valence electrons. The van der Waals surface area contributed by atoms with Gasteiger partial charge in [0.1, 0.15) is 0 Å². The topological polar surface area (TPSA) is 140 Å². The Morgan fingerprint density at radius 1 is 0.951 bits per heavy atom. The molecule has 41 heavy (non-hydrogen) atoms. The van der Waals surface area contributed by atoms with Crippen molar-refractivity contribution in [3.8, 4) is 0 Å². The molecule has 5 rings (SSSR count). The van der Waals surface area contributed by atoms with Crippen molar-refractivity contribution in [1.82, 2.24) is 24.2 Å². The highest BCUT2D eigenvalue weighted by Crippen LogP contribution is 2.33. The van der Waals surface area contributed by atoms with E-state index in [1.807, 2.05) is 0 Å². The fourth-order valence-corrected chi connectivity index (χ4v) is 6.30. The van der Waals surface area contributed by atoms with Crippen LogP contribution in [0, 0.1) is 0 Å². The number of aromatic nitrogens is 4. The molecule has 0 radical (unpaired) electrons. The lowest BCUT2D eigenvalue weighted by Crippen LogP contribution is -2.33. The molecule has 2 aliphatic rings. The van der Waals surface area contributed by atoms with Crippen molar-refractivity contribution in [2.24, 2.45) is 5.73 Å². The summed E-state index contributed by atoms with van der Waals surface area (Å²) in [6, 6.07) is 4.15. The summed E-state index contributed by atoms with van der Waals surface area (Å²) in [6.45, 7) is 0.168. The number of rotatable bonds is 9. The number of halogens is 5. The van der Waals surface area contributed by atoms with Crippen molar-refractivity contribution >= 4 is 57.8 Å². The van der Waals surface area contributed by atoms with E-state index in [4.69, 9.17) is 10.7 Å². The van der Waals surface area contributed by atoms with Crippen LogP contribution in [-0.2, 0) is 16.2 Å². The molecular formula is C25H35Cl2F3N8O2S. The Balaban J connectivity index is 0.00000231. The summed E-state index contributed by atoms with van der Waals surface area (Å²) >= 11 is 0. The van der Waals surface area contributed by atoms with Crippen molar-refractivity contribution in [1.29, 1.82) is 0 Å². The molecule has 2 saturated carbocycles. The van der Waals surface area contributed by atoms with E-state index in [-0.39, 0.29) is 54.9 Å². The van der Waals surface area contributed by atoms with Crippen LogP contribution >= 0.6 is 24.8 Å². The van der Waals surface area contributed by atoms with Crippen LogP contribution in [-0.4, -0.2) is 53.1 Å². The van der Waals surface area contributed by atoms with Gasteiger partial charge in [-0.15, -0.1) is 24.8 Å². The van der Waals surface area contributed by atoms with E-state index in [0.717, 1.165) is 81.3 Å². The zero-order valence-electron chi connectivity index (χ0n) is 22.2. The molecular weight excluding hydrogens is 604 g/mol. The number of nitrogens with two attached hydrogens (primary N) is 1. The molecule has 2 heterocycles. The summed E-state index contributed by atoms with van der Waals surface area (Å²) in [7, 11) is -3.99. The number of fused-ring (bicyclic) bond motifs is 1. The van der Waals surface area contributed by atoms with Gasteiger partial charge in [-0.1, -0.05) is 12.8 Å². The minimum atomic E-state index is -4.54. The first-order chi connectivity index (χ1) is 18.6. The largest absolute Gasteiger partial charge is 0.416 e. The Kier molecular flexibility index (Phi) is 11.1. The van der Waals surface area contributed by atoms with E-state index in [2.05, 4.69) is 29.9 Å². The first-order valence-electron chi connectivity index (χ1n) is 13.3. The summed E-state index contributed by atoms with van der Waals surface area (Å²) in [5, 5.41) is 6.61. The summed E-state index contributed by atoms with van der Waals surface area (Å²) in [5.41, 5.74) is 6.46. The third-order valence-electron chi connectivity index (χ3n) is 7.45. The number of alkyl halides is 3. The Bertz CT molecular complexity index is 1390. The SMILES string of the molecule is Cl.Cl.N[C@H]1CC[C@H](Nc2nc(NCCNS(=O)(=O)c3ccc(C(F)(F)F)cc3)c3ncn(C4CCCC4)c3n2)CC1. The number of sulfonamides is 1. The quantitative estimate of drug-likeness (QED) is 0.243. The van der Waals surface area contributed by atoms with Gasteiger partial charge in [0.15, 0.2) is 17.0 Å². The molecule has 0 unspecified atom stereocenters. The Hall–Kier alpha value is -2.39. The molecule has 1 aromatic carbocycles. The minimum Gasteiger partial charge on any atom is -0.367 e. The number of benzene rings is 1. The van der Waals surface area contributed by atoms with Gasteiger partial charge >= 0.3 is 6.18 Å². The van der Waals surface area contributed by atoms with Gasteiger partial charge in [-0.2, -0.15) is 23.1 Å². The van der Waals surface area contributed by atoms with Gasteiger partial charge in [0.25, 0.3) is 0 Å². The smallest absolute Gasteiger partial charge is 0.367 e. The number of hydrogen-bond acceptors (Lipinski definition) is 8. The molecule has 5 N–H and O–H groups in total. The average Bonchev–Trinajstić information content (AvgIpc) is 3.58. The molecule has 0 amide bonds. The van der Waals surface area contributed by atoms with Crippen LogP contribution in [0.5, 0.6) is 0 Å². The van der Waals surface area contributed by atoms with E-state index in [1.54, 1.807) is 6.33 Å². The molecule has 0 atom stereocenters. The molecule has 2 fully saturated rings. The van der Waals surface area contributed by atoms with Crippen molar-refractivity contribution in [3.05, 3.63) is 36.2 Å². The van der Waals surface area contributed by atoms with Crippen LogP contribution in [0.4, 0.5) is 24.9 Å². The number of imidazole rings is 1. The lowest BCUT2D eigenvalue weighted by Gasteiger charge is -2.27. The lowest BCUT2D eigenvalue weighted by molar-refractivity contribution is -0.137. The van der Waals surface area contributed by atoms with E-state index in [9.17, 15) is 21.6 Å². The van der Waals surface area contributed by atoms with Crippen molar-refractivity contribution in [2.75, 3.05) is 23.7 Å². The fourth-order valence-electron chi connectivity index (χ4n) is 5.27. The number of anilines is 2. The average molecular weight is 640 g/mol. The maximum Gasteiger partial charge on any atom is 0.416 e. The predicted molar refractivity (Wildman–Crippen MR) is 156 cm³/mol. The van der Waals surface area contributed by atoms with Gasteiger partial charge in [0.05, 0.1) is 16.8 Å². The second-order valence-electron chi connectivity index (χ2n) is 10.3. The van der Waals surface area contributed by atoms with E-state index < -0.39 is 21.8 Å². The second kappa shape index (κ2) is 13.7. The highest BCUT2D eigenvalue weighted by molar-refractivity contribution is 7.89. The molecule has 0 aliphatic heterocycles. The Morgan fingerprint density at radius 2 is 1.61 bits per heavy atom. The third-order valence-corrected chi connectivity index (χ3v) is 8.92. The van der Waals surface area contributed by atoms with Crippen molar-refractivity contribution in [2.45, 2.75) is 80.6 Å². The van der Waals surface area contributed by atoms with Crippen LogP contribution in [0.3, 0.4) is 0 Å². The van der Waals surface area contributed by atoms with E-state index >= 15 is 0 Å². The predicted octanol–water partition coefficient (Wildman–Crippen LogP) is 4.88. The Labute approximate surface area is 249 Å². The minimum absolute atomic E-state index is 0.